The fourth-order valence-corrected chi connectivity index (χ4v) is 6.40. The van der Waals surface area contributed by atoms with Crippen molar-refractivity contribution in [2.75, 3.05) is 0 Å². The van der Waals surface area contributed by atoms with Crippen molar-refractivity contribution >= 4 is 21.8 Å². The summed E-state index contributed by atoms with van der Waals surface area (Å²) in [4.78, 5) is 14.9. The molecule has 47 heavy (non-hydrogen) atoms. The van der Waals surface area contributed by atoms with Crippen molar-refractivity contribution in [1.29, 1.82) is 0 Å². The van der Waals surface area contributed by atoms with Crippen LogP contribution < -0.4 is 0 Å². The molecule has 0 amide bonds. The molecule has 7 rings (SSSR count). The Morgan fingerprint density at radius 3 is 1.23 bits per heavy atom. The highest BCUT2D eigenvalue weighted by Gasteiger charge is 2.16. The van der Waals surface area contributed by atoms with Crippen LogP contribution in [0.4, 0.5) is 0 Å². The molecule has 0 radical (unpaired) electrons. The molecule has 2 aromatic heterocycles. The lowest BCUT2D eigenvalue weighted by molar-refractivity contribution is 0.795. The Morgan fingerprint density at radius 1 is 0.468 bits per heavy atom. The summed E-state index contributed by atoms with van der Waals surface area (Å²) in [5, 5.41) is 2.66. The van der Waals surface area contributed by atoms with Crippen LogP contribution in [-0.2, 0) is 12.8 Å². The van der Waals surface area contributed by atoms with Crippen LogP contribution in [0.2, 0.25) is 0 Å². The summed E-state index contributed by atoms with van der Waals surface area (Å²) in [7, 11) is 0. The van der Waals surface area contributed by atoms with Gasteiger partial charge in [0.15, 0.2) is 17.5 Å². The van der Waals surface area contributed by atoms with E-state index in [9.17, 15) is 0 Å². The number of aryl methyl sites for hydroxylation is 4. The quantitative estimate of drug-likeness (QED) is 0.154. The van der Waals surface area contributed by atoms with Crippen molar-refractivity contribution in [3.63, 3.8) is 0 Å². The fourth-order valence-electron chi connectivity index (χ4n) is 6.40. The van der Waals surface area contributed by atoms with Crippen LogP contribution in [0.1, 0.15) is 61.8 Å². The number of hydrogen-bond donors (Lipinski definition) is 0. The molecule has 2 heterocycles. The molecular formula is C43H42N4. The second-order valence-corrected chi connectivity index (χ2v) is 12.8. The third kappa shape index (κ3) is 6.33. The third-order valence-electron chi connectivity index (χ3n) is 9.17. The molecule has 0 aliphatic carbocycles. The standard InChI is InChI=1S/C43H42N4/c1-5-7-9-31-15-25-39-37(27-31)38-28-32(10-8-6-2)16-26-40(38)47(39)36-23-21-35(22-24-36)43-45-41(33-17-11-29(3)12-18-33)44-42(46-43)34-19-13-30(4)14-20-34/h11-28H,5-10H2,1-4H3. The summed E-state index contributed by atoms with van der Waals surface area (Å²) < 4.78 is 2.41. The number of hydrogen-bond acceptors (Lipinski definition) is 3. The van der Waals surface area contributed by atoms with E-state index in [-0.39, 0.29) is 0 Å². The second-order valence-electron chi connectivity index (χ2n) is 12.8. The Kier molecular flexibility index (Phi) is 8.67. The predicted octanol–water partition coefficient (Wildman–Crippen LogP) is 11.3. The number of aromatic nitrogens is 4. The Hall–Kier alpha value is -5.09. The lowest BCUT2D eigenvalue weighted by atomic mass is 10.0. The molecule has 0 N–H and O–H groups in total. The van der Waals surface area contributed by atoms with E-state index < -0.39 is 0 Å². The van der Waals surface area contributed by atoms with Crippen LogP contribution in [-0.4, -0.2) is 19.5 Å². The second kappa shape index (κ2) is 13.3. The number of unbranched alkanes of at least 4 members (excludes halogenated alkanes) is 2. The normalized spacial score (nSPS) is 11.5. The van der Waals surface area contributed by atoms with Gasteiger partial charge in [0.05, 0.1) is 11.0 Å². The van der Waals surface area contributed by atoms with Gasteiger partial charge < -0.3 is 4.57 Å². The molecule has 0 atom stereocenters. The molecular weight excluding hydrogens is 573 g/mol. The van der Waals surface area contributed by atoms with Gasteiger partial charge in [-0.1, -0.05) is 98.5 Å². The van der Waals surface area contributed by atoms with Crippen molar-refractivity contribution in [3.8, 4) is 39.9 Å². The summed E-state index contributed by atoms with van der Waals surface area (Å²) in [6.07, 6.45) is 7.05. The fraction of sp³-hybridized carbons (Fsp3) is 0.233. The van der Waals surface area contributed by atoms with E-state index in [0.717, 1.165) is 35.2 Å². The summed E-state index contributed by atoms with van der Waals surface area (Å²) in [6.45, 7) is 8.71. The Balaban J connectivity index is 1.33. The minimum Gasteiger partial charge on any atom is -0.309 e. The smallest absolute Gasteiger partial charge is 0.164 e. The minimum atomic E-state index is 0.668. The summed E-state index contributed by atoms with van der Waals surface area (Å²) in [6, 6.07) is 39.5. The third-order valence-corrected chi connectivity index (χ3v) is 9.17. The van der Waals surface area contributed by atoms with Crippen LogP contribution in [0.15, 0.2) is 109 Å². The van der Waals surface area contributed by atoms with Gasteiger partial charge in [-0.15, -0.1) is 0 Å². The number of rotatable bonds is 10. The van der Waals surface area contributed by atoms with Crippen molar-refractivity contribution < 1.29 is 0 Å². The summed E-state index contributed by atoms with van der Waals surface area (Å²) >= 11 is 0. The highest BCUT2D eigenvalue weighted by Crippen LogP contribution is 2.35. The average molecular weight is 615 g/mol. The highest BCUT2D eigenvalue weighted by atomic mass is 15.0. The van der Waals surface area contributed by atoms with E-state index >= 15 is 0 Å². The lowest BCUT2D eigenvalue weighted by Crippen LogP contribution is -2.00. The summed E-state index contributed by atoms with van der Waals surface area (Å²) in [5.41, 5.74) is 11.8. The van der Waals surface area contributed by atoms with Gasteiger partial charge in [0.2, 0.25) is 0 Å². The molecule has 0 saturated heterocycles. The first kappa shape index (κ1) is 30.6. The highest BCUT2D eigenvalue weighted by molar-refractivity contribution is 6.09. The van der Waals surface area contributed by atoms with Crippen LogP contribution in [0, 0.1) is 13.8 Å². The first-order valence-electron chi connectivity index (χ1n) is 17.1. The lowest BCUT2D eigenvalue weighted by Gasteiger charge is -2.11. The zero-order chi connectivity index (χ0) is 32.3. The molecule has 0 fully saturated rings. The van der Waals surface area contributed by atoms with Gasteiger partial charge in [-0.3, -0.25) is 0 Å². The zero-order valence-electron chi connectivity index (χ0n) is 27.9. The van der Waals surface area contributed by atoms with Crippen LogP contribution in [0.25, 0.3) is 61.7 Å². The first-order chi connectivity index (χ1) is 23.0. The maximum atomic E-state index is 4.98. The Morgan fingerprint density at radius 2 is 0.851 bits per heavy atom. The SMILES string of the molecule is CCCCc1ccc2c(c1)c1cc(CCCC)ccc1n2-c1ccc(-c2nc(-c3ccc(C)cc3)nc(-c3ccc(C)cc3)n2)cc1. The summed E-state index contributed by atoms with van der Waals surface area (Å²) in [5.74, 6) is 2.02. The molecule has 0 aliphatic heterocycles. The molecule has 7 aromatic rings. The van der Waals surface area contributed by atoms with E-state index in [0.29, 0.717) is 17.5 Å². The number of benzene rings is 5. The number of nitrogens with zero attached hydrogens (tertiary/aromatic N) is 4. The van der Waals surface area contributed by atoms with Crippen LogP contribution in [0.5, 0.6) is 0 Å². The molecule has 234 valence electrons. The van der Waals surface area contributed by atoms with Crippen molar-refractivity contribution in [2.24, 2.45) is 0 Å². The monoisotopic (exact) mass is 614 g/mol. The topological polar surface area (TPSA) is 43.6 Å². The van der Waals surface area contributed by atoms with Crippen molar-refractivity contribution in [2.45, 2.75) is 66.2 Å². The molecule has 0 saturated carbocycles. The Labute approximate surface area is 278 Å². The van der Waals surface area contributed by atoms with E-state index in [1.165, 1.54) is 69.7 Å². The molecule has 4 heteroatoms. The number of fused-ring (bicyclic) bond motifs is 3. The largest absolute Gasteiger partial charge is 0.309 e. The van der Waals surface area contributed by atoms with Crippen LogP contribution >= 0.6 is 0 Å². The van der Waals surface area contributed by atoms with Gasteiger partial charge >= 0.3 is 0 Å². The van der Waals surface area contributed by atoms with Crippen LogP contribution in [0.3, 0.4) is 0 Å². The van der Waals surface area contributed by atoms with E-state index in [2.05, 4.69) is 141 Å². The van der Waals surface area contributed by atoms with Gasteiger partial charge in [0.25, 0.3) is 0 Å². The van der Waals surface area contributed by atoms with Gasteiger partial charge in [0, 0.05) is 33.2 Å². The van der Waals surface area contributed by atoms with Gasteiger partial charge in [-0.05, 0) is 99.2 Å². The minimum absolute atomic E-state index is 0.668. The van der Waals surface area contributed by atoms with Gasteiger partial charge in [-0.25, -0.2) is 15.0 Å². The van der Waals surface area contributed by atoms with Gasteiger partial charge in [0.1, 0.15) is 0 Å². The molecule has 5 aromatic carbocycles. The average Bonchev–Trinajstić information content (AvgIpc) is 3.43. The van der Waals surface area contributed by atoms with E-state index in [4.69, 9.17) is 15.0 Å². The molecule has 0 spiro atoms. The Bertz CT molecular complexity index is 2030. The van der Waals surface area contributed by atoms with Crippen molar-refractivity contribution in [1.82, 2.24) is 19.5 Å². The molecule has 0 aliphatic rings. The maximum absolute atomic E-state index is 4.98. The molecule has 0 bridgehead atoms. The van der Waals surface area contributed by atoms with E-state index in [1.807, 2.05) is 0 Å². The predicted molar refractivity (Wildman–Crippen MR) is 197 cm³/mol. The van der Waals surface area contributed by atoms with Gasteiger partial charge in [-0.2, -0.15) is 0 Å². The van der Waals surface area contributed by atoms with Crippen molar-refractivity contribution in [3.05, 3.63) is 131 Å². The van der Waals surface area contributed by atoms with E-state index in [1.54, 1.807) is 0 Å². The maximum Gasteiger partial charge on any atom is 0.164 e. The molecule has 0 unspecified atom stereocenters. The zero-order valence-corrected chi connectivity index (χ0v) is 27.9. The first-order valence-corrected chi connectivity index (χ1v) is 17.1. The molecule has 4 nitrogen and oxygen atoms in total.